The van der Waals surface area contributed by atoms with Crippen molar-refractivity contribution in [1.82, 2.24) is 4.98 Å². The van der Waals surface area contributed by atoms with E-state index in [1.54, 1.807) is 18.5 Å². The van der Waals surface area contributed by atoms with Gasteiger partial charge in [-0.2, -0.15) is 0 Å². The van der Waals surface area contributed by atoms with E-state index in [4.69, 9.17) is 9.52 Å². The zero-order valence-electron chi connectivity index (χ0n) is 8.34. The summed E-state index contributed by atoms with van der Waals surface area (Å²) < 4.78 is 5.20. The predicted octanol–water partition coefficient (Wildman–Crippen LogP) is 2.18. The van der Waals surface area contributed by atoms with Gasteiger partial charge in [-0.05, 0) is 12.3 Å². The van der Waals surface area contributed by atoms with E-state index in [1.165, 1.54) is 0 Å². The molecule has 1 aliphatic rings. The second-order valence-electron chi connectivity index (χ2n) is 3.37. The van der Waals surface area contributed by atoms with Crippen LogP contribution in [0.25, 0.3) is 5.57 Å². The number of aromatic nitrogens is 1. The van der Waals surface area contributed by atoms with Gasteiger partial charge in [0.2, 0.25) is 5.89 Å². The third kappa shape index (κ3) is 2.44. The van der Waals surface area contributed by atoms with E-state index < -0.39 is 0 Å². The van der Waals surface area contributed by atoms with Crippen LogP contribution in [0.5, 0.6) is 0 Å². The third-order valence-corrected chi connectivity index (χ3v) is 2.30. The van der Waals surface area contributed by atoms with Gasteiger partial charge in [-0.3, -0.25) is 0 Å². The van der Waals surface area contributed by atoms with E-state index in [1.807, 2.05) is 12.2 Å². The Morgan fingerprint density at radius 3 is 3.13 bits per heavy atom. The topological polar surface area (TPSA) is 46.3 Å². The lowest BCUT2D eigenvalue weighted by Crippen LogP contribution is -1.96. The monoisotopic (exact) mass is 203 g/mol. The second kappa shape index (κ2) is 4.75. The van der Waals surface area contributed by atoms with Gasteiger partial charge in [0.1, 0.15) is 6.26 Å². The number of aliphatic hydroxyl groups excluding tert-OH is 1. The fraction of sp³-hybridized carbons (Fsp3) is 0.250. The van der Waals surface area contributed by atoms with E-state index in [2.05, 4.69) is 17.1 Å². The first-order valence-electron chi connectivity index (χ1n) is 4.96. The van der Waals surface area contributed by atoms with Gasteiger partial charge >= 0.3 is 0 Å². The number of allylic oxidation sites excluding steroid dienone is 5. The van der Waals surface area contributed by atoms with Gasteiger partial charge in [0, 0.05) is 5.57 Å². The van der Waals surface area contributed by atoms with E-state index in [9.17, 15) is 0 Å². The highest BCUT2D eigenvalue weighted by Crippen LogP contribution is 2.23. The van der Waals surface area contributed by atoms with Gasteiger partial charge in [-0.1, -0.05) is 30.4 Å². The molecule has 1 aromatic heterocycles. The molecule has 1 aliphatic carbocycles. The molecule has 3 nitrogen and oxygen atoms in total. The average Bonchev–Trinajstić information content (AvgIpc) is 2.80. The van der Waals surface area contributed by atoms with E-state index in [0.717, 1.165) is 12.0 Å². The average molecular weight is 203 g/mol. The summed E-state index contributed by atoms with van der Waals surface area (Å²) in [5, 5.41) is 8.65. The predicted molar refractivity (Wildman–Crippen MR) is 58.0 cm³/mol. The molecule has 1 atom stereocenters. The molecule has 0 radical (unpaired) electrons. The van der Waals surface area contributed by atoms with Crippen LogP contribution >= 0.6 is 0 Å². The minimum Gasteiger partial charge on any atom is -0.445 e. The van der Waals surface area contributed by atoms with Gasteiger partial charge in [-0.15, -0.1) is 0 Å². The molecule has 0 saturated carbocycles. The Bertz CT molecular complexity index is 388. The third-order valence-electron chi connectivity index (χ3n) is 2.30. The molecule has 1 N–H and O–H groups in total. The fourth-order valence-corrected chi connectivity index (χ4v) is 1.54. The molecule has 0 amide bonds. The summed E-state index contributed by atoms with van der Waals surface area (Å²) in [7, 11) is 0. The minimum absolute atomic E-state index is 0.0979. The number of hydrogen-bond donors (Lipinski definition) is 1. The summed E-state index contributed by atoms with van der Waals surface area (Å²) >= 11 is 0. The molecule has 2 rings (SSSR count). The largest absolute Gasteiger partial charge is 0.445 e. The Morgan fingerprint density at radius 1 is 1.60 bits per heavy atom. The fourth-order valence-electron chi connectivity index (χ4n) is 1.54. The van der Waals surface area contributed by atoms with Crippen LogP contribution in [0.4, 0.5) is 0 Å². The first kappa shape index (κ1) is 9.93. The summed E-state index contributed by atoms with van der Waals surface area (Å²) in [5.41, 5.74) is 1.02. The zero-order chi connectivity index (χ0) is 10.5. The van der Waals surface area contributed by atoms with Crippen LogP contribution in [-0.4, -0.2) is 16.7 Å². The highest BCUT2D eigenvalue weighted by Gasteiger charge is 2.09. The molecule has 78 valence electrons. The van der Waals surface area contributed by atoms with Crippen LogP contribution in [0.3, 0.4) is 0 Å². The number of rotatable bonds is 3. The first-order chi connectivity index (χ1) is 7.40. The lowest BCUT2D eigenvalue weighted by atomic mass is 9.96. The summed E-state index contributed by atoms with van der Waals surface area (Å²) in [6.07, 6.45) is 14.1. The Kier molecular flexibility index (Phi) is 3.15. The van der Waals surface area contributed by atoms with Crippen molar-refractivity contribution in [2.24, 2.45) is 5.92 Å². The van der Waals surface area contributed by atoms with Crippen molar-refractivity contribution < 1.29 is 9.52 Å². The van der Waals surface area contributed by atoms with E-state index in [0.29, 0.717) is 11.8 Å². The molecular weight excluding hydrogens is 190 g/mol. The molecular formula is C12H13NO2. The van der Waals surface area contributed by atoms with Crippen LogP contribution in [0.1, 0.15) is 12.3 Å². The maximum absolute atomic E-state index is 8.65. The molecule has 15 heavy (non-hydrogen) atoms. The van der Waals surface area contributed by atoms with Crippen molar-refractivity contribution >= 4 is 5.57 Å². The lowest BCUT2D eigenvalue weighted by molar-refractivity contribution is 0.342. The second-order valence-corrected chi connectivity index (χ2v) is 3.37. The van der Waals surface area contributed by atoms with Crippen LogP contribution in [0.15, 0.2) is 47.3 Å². The first-order valence-corrected chi connectivity index (χ1v) is 4.96. The lowest BCUT2D eigenvalue weighted by Gasteiger charge is -2.10. The molecule has 0 bridgehead atoms. The molecule has 1 heterocycles. The number of nitrogens with zero attached hydrogens (tertiary/aromatic N) is 1. The Labute approximate surface area is 88.4 Å². The Balaban J connectivity index is 2.02. The van der Waals surface area contributed by atoms with Crippen LogP contribution in [-0.2, 0) is 0 Å². The zero-order valence-corrected chi connectivity index (χ0v) is 8.34. The maximum atomic E-state index is 8.65. The molecule has 0 aliphatic heterocycles. The Hall–Kier alpha value is -1.61. The van der Waals surface area contributed by atoms with Gasteiger partial charge in [0.05, 0.1) is 12.8 Å². The minimum atomic E-state index is 0.0979. The van der Waals surface area contributed by atoms with Crippen molar-refractivity contribution in [1.29, 1.82) is 0 Å². The molecule has 0 aromatic carbocycles. The van der Waals surface area contributed by atoms with Crippen LogP contribution in [0.2, 0.25) is 0 Å². The van der Waals surface area contributed by atoms with Gasteiger partial charge in [-0.25, -0.2) is 4.98 Å². The van der Waals surface area contributed by atoms with E-state index in [-0.39, 0.29) is 6.61 Å². The smallest absolute Gasteiger partial charge is 0.225 e. The molecule has 1 unspecified atom stereocenters. The van der Waals surface area contributed by atoms with Gasteiger partial charge < -0.3 is 9.52 Å². The van der Waals surface area contributed by atoms with Crippen molar-refractivity contribution in [3.8, 4) is 0 Å². The highest BCUT2D eigenvalue weighted by molar-refractivity contribution is 5.69. The quantitative estimate of drug-likeness (QED) is 0.766. The normalized spacial score (nSPS) is 20.9. The van der Waals surface area contributed by atoms with Crippen molar-refractivity contribution in [3.63, 3.8) is 0 Å². The van der Waals surface area contributed by atoms with Crippen LogP contribution in [0, 0.1) is 5.92 Å². The Morgan fingerprint density at radius 2 is 2.53 bits per heavy atom. The van der Waals surface area contributed by atoms with Crippen molar-refractivity contribution in [3.05, 3.63) is 48.7 Å². The summed E-state index contributed by atoms with van der Waals surface area (Å²) in [6.45, 7) is 0.0979. The van der Waals surface area contributed by atoms with Gasteiger partial charge in [0.25, 0.3) is 0 Å². The number of aliphatic hydroxyl groups is 1. The SMILES string of the molecule is OC/C=C/C1C=CC(c2ncco2)=CC1. The van der Waals surface area contributed by atoms with E-state index >= 15 is 0 Å². The highest BCUT2D eigenvalue weighted by atomic mass is 16.3. The standard InChI is InChI=1S/C12H13NO2/c14-8-1-2-10-3-5-11(6-4-10)12-13-7-9-15-12/h1-3,5-7,9-10,14H,4,8H2/b2-1+. The van der Waals surface area contributed by atoms with Crippen molar-refractivity contribution in [2.75, 3.05) is 6.61 Å². The molecule has 0 fully saturated rings. The number of oxazole rings is 1. The summed E-state index contributed by atoms with van der Waals surface area (Å²) in [4.78, 5) is 4.08. The van der Waals surface area contributed by atoms with Gasteiger partial charge in [0.15, 0.2) is 0 Å². The maximum Gasteiger partial charge on any atom is 0.225 e. The number of hydrogen-bond acceptors (Lipinski definition) is 3. The molecule has 1 aromatic rings. The van der Waals surface area contributed by atoms with Crippen LogP contribution < -0.4 is 0 Å². The summed E-state index contributed by atoms with van der Waals surface area (Å²) in [6, 6.07) is 0. The molecule has 3 heteroatoms. The molecule has 0 spiro atoms. The molecule has 0 saturated heterocycles. The summed E-state index contributed by atoms with van der Waals surface area (Å²) in [5.74, 6) is 1.03. The van der Waals surface area contributed by atoms with Crippen molar-refractivity contribution in [2.45, 2.75) is 6.42 Å².